The van der Waals surface area contributed by atoms with E-state index in [1.165, 1.54) is 18.2 Å². The fourth-order valence-electron chi connectivity index (χ4n) is 1.14. The van der Waals surface area contributed by atoms with E-state index in [0.717, 1.165) is 5.56 Å². The van der Waals surface area contributed by atoms with Gasteiger partial charge in [-0.2, -0.15) is 5.26 Å². The lowest BCUT2D eigenvalue weighted by Gasteiger charge is -2.10. The first kappa shape index (κ1) is 9.69. The molecule has 68 valence electrons. The van der Waals surface area contributed by atoms with Crippen LogP contribution in [0.3, 0.4) is 0 Å². The standard InChI is InChI=1S/C10H11FN2/c1-13(2)7-9-5-10(11)4-3-8(9)6-12/h3-5H,7H2,1-2H3. The quantitative estimate of drug-likeness (QED) is 0.690. The van der Waals surface area contributed by atoms with Crippen molar-refractivity contribution in [3.8, 4) is 6.07 Å². The number of rotatable bonds is 2. The van der Waals surface area contributed by atoms with Gasteiger partial charge in [0.1, 0.15) is 5.82 Å². The third-order valence-corrected chi connectivity index (χ3v) is 1.67. The van der Waals surface area contributed by atoms with Crippen molar-refractivity contribution < 1.29 is 4.39 Å². The molecular weight excluding hydrogens is 167 g/mol. The Morgan fingerprint density at radius 3 is 2.69 bits per heavy atom. The van der Waals surface area contributed by atoms with E-state index in [9.17, 15) is 4.39 Å². The molecule has 0 aliphatic rings. The van der Waals surface area contributed by atoms with Gasteiger partial charge < -0.3 is 4.90 Å². The van der Waals surface area contributed by atoms with Gasteiger partial charge in [0.25, 0.3) is 0 Å². The summed E-state index contributed by atoms with van der Waals surface area (Å²) in [6, 6.07) is 6.25. The average molecular weight is 178 g/mol. The predicted octanol–water partition coefficient (Wildman–Crippen LogP) is 1.76. The summed E-state index contributed by atoms with van der Waals surface area (Å²) in [5.41, 5.74) is 1.27. The highest BCUT2D eigenvalue weighted by molar-refractivity contribution is 5.37. The van der Waals surface area contributed by atoms with Gasteiger partial charge in [0.05, 0.1) is 11.6 Å². The third kappa shape index (κ3) is 2.53. The molecule has 0 aromatic heterocycles. The Balaban J connectivity index is 3.03. The molecule has 0 atom stereocenters. The fraction of sp³-hybridized carbons (Fsp3) is 0.300. The van der Waals surface area contributed by atoms with Crippen molar-refractivity contribution in [2.45, 2.75) is 6.54 Å². The van der Waals surface area contributed by atoms with Crippen LogP contribution in [0.5, 0.6) is 0 Å². The largest absolute Gasteiger partial charge is 0.305 e. The van der Waals surface area contributed by atoms with Crippen molar-refractivity contribution in [1.29, 1.82) is 5.26 Å². The van der Waals surface area contributed by atoms with E-state index in [1.54, 1.807) is 0 Å². The molecule has 0 saturated heterocycles. The summed E-state index contributed by atoms with van der Waals surface area (Å²) in [4.78, 5) is 1.90. The summed E-state index contributed by atoms with van der Waals surface area (Å²) in [6.45, 7) is 0.584. The van der Waals surface area contributed by atoms with E-state index in [0.29, 0.717) is 12.1 Å². The first-order valence-corrected chi connectivity index (χ1v) is 3.96. The molecule has 0 heterocycles. The van der Waals surface area contributed by atoms with Crippen molar-refractivity contribution in [3.05, 3.63) is 35.1 Å². The highest BCUT2D eigenvalue weighted by atomic mass is 19.1. The summed E-state index contributed by atoms with van der Waals surface area (Å²) in [6.07, 6.45) is 0. The number of nitriles is 1. The maximum atomic E-state index is 12.8. The molecule has 13 heavy (non-hydrogen) atoms. The van der Waals surface area contributed by atoms with Gasteiger partial charge in [0.2, 0.25) is 0 Å². The SMILES string of the molecule is CN(C)Cc1cc(F)ccc1C#N. The van der Waals surface area contributed by atoms with Gasteiger partial charge in [-0.05, 0) is 37.9 Å². The first-order valence-electron chi connectivity index (χ1n) is 3.96. The van der Waals surface area contributed by atoms with E-state index in [4.69, 9.17) is 5.26 Å². The topological polar surface area (TPSA) is 27.0 Å². The van der Waals surface area contributed by atoms with Crippen molar-refractivity contribution in [1.82, 2.24) is 4.90 Å². The number of hydrogen-bond donors (Lipinski definition) is 0. The van der Waals surface area contributed by atoms with Crippen molar-refractivity contribution in [3.63, 3.8) is 0 Å². The zero-order chi connectivity index (χ0) is 9.84. The van der Waals surface area contributed by atoms with Crippen LogP contribution in [-0.4, -0.2) is 19.0 Å². The monoisotopic (exact) mass is 178 g/mol. The van der Waals surface area contributed by atoms with Gasteiger partial charge in [-0.15, -0.1) is 0 Å². The van der Waals surface area contributed by atoms with E-state index in [-0.39, 0.29) is 5.82 Å². The summed E-state index contributed by atoms with van der Waals surface area (Å²) in [5, 5.41) is 8.73. The summed E-state index contributed by atoms with van der Waals surface area (Å²) < 4.78 is 12.8. The molecule has 0 amide bonds. The molecule has 0 fully saturated rings. The molecule has 1 aromatic carbocycles. The summed E-state index contributed by atoms with van der Waals surface area (Å²) >= 11 is 0. The number of hydrogen-bond acceptors (Lipinski definition) is 2. The predicted molar refractivity (Wildman–Crippen MR) is 48.5 cm³/mol. The molecule has 3 heteroatoms. The van der Waals surface area contributed by atoms with E-state index >= 15 is 0 Å². The van der Waals surface area contributed by atoms with Crippen molar-refractivity contribution in [2.24, 2.45) is 0 Å². The second-order valence-electron chi connectivity index (χ2n) is 3.15. The Morgan fingerprint density at radius 1 is 1.46 bits per heavy atom. The molecule has 1 aromatic rings. The third-order valence-electron chi connectivity index (χ3n) is 1.67. The van der Waals surface area contributed by atoms with Gasteiger partial charge in [-0.1, -0.05) is 0 Å². The molecule has 0 radical (unpaired) electrons. The Kier molecular flexibility index (Phi) is 2.99. The van der Waals surface area contributed by atoms with E-state index in [2.05, 4.69) is 0 Å². The molecule has 0 N–H and O–H groups in total. The van der Waals surface area contributed by atoms with Crippen LogP contribution >= 0.6 is 0 Å². The Hall–Kier alpha value is -1.40. The molecule has 0 unspecified atom stereocenters. The van der Waals surface area contributed by atoms with Crippen LogP contribution in [0.15, 0.2) is 18.2 Å². The minimum atomic E-state index is -0.296. The van der Waals surface area contributed by atoms with Crippen LogP contribution in [0, 0.1) is 17.1 Å². The van der Waals surface area contributed by atoms with Crippen LogP contribution in [0.4, 0.5) is 4.39 Å². The van der Waals surface area contributed by atoms with Gasteiger partial charge in [0.15, 0.2) is 0 Å². The molecule has 1 rings (SSSR count). The van der Waals surface area contributed by atoms with Crippen LogP contribution in [0.25, 0.3) is 0 Å². The van der Waals surface area contributed by atoms with Gasteiger partial charge in [-0.3, -0.25) is 0 Å². The van der Waals surface area contributed by atoms with Gasteiger partial charge >= 0.3 is 0 Å². The van der Waals surface area contributed by atoms with Crippen LogP contribution in [0.1, 0.15) is 11.1 Å². The summed E-state index contributed by atoms with van der Waals surface area (Å²) in [5.74, 6) is -0.296. The summed E-state index contributed by atoms with van der Waals surface area (Å²) in [7, 11) is 3.76. The molecular formula is C10H11FN2. The maximum Gasteiger partial charge on any atom is 0.123 e. The van der Waals surface area contributed by atoms with Gasteiger partial charge in [0, 0.05) is 6.54 Å². The van der Waals surface area contributed by atoms with Gasteiger partial charge in [-0.25, -0.2) is 4.39 Å². The fourth-order valence-corrected chi connectivity index (χ4v) is 1.14. The average Bonchev–Trinajstić information content (AvgIpc) is 2.03. The van der Waals surface area contributed by atoms with Crippen molar-refractivity contribution in [2.75, 3.05) is 14.1 Å². The van der Waals surface area contributed by atoms with E-state index in [1.807, 2.05) is 25.1 Å². The second kappa shape index (κ2) is 4.01. The first-order chi connectivity index (χ1) is 6.13. The normalized spacial score (nSPS) is 10.1. The number of nitrogens with zero attached hydrogens (tertiary/aromatic N) is 2. The highest BCUT2D eigenvalue weighted by Gasteiger charge is 2.04. The van der Waals surface area contributed by atoms with E-state index < -0.39 is 0 Å². The Labute approximate surface area is 77.2 Å². The lowest BCUT2D eigenvalue weighted by molar-refractivity contribution is 0.401. The smallest absolute Gasteiger partial charge is 0.123 e. The lowest BCUT2D eigenvalue weighted by Crippen LogP contribution is -2.11. The lowest BCUT2D eigenvalue weighted by atomic mass is 10.1. The second-order valence-corrected chi connectivity index (χ2v) is 3.15. The minimum absolute atomic E-state index is 0.296. The number of benzene rings is 1. The molecule has 2 nitrogen and oxygen atoms in total. The van der Waals surface area contributed by atoms with Crippen LogP contribution in [-0.2, 0) is 6.54 Å². The van der Waals surface area contributed by atoms with Crippen LogP contribution < -0.4 is 0 Å². The number of halogens is 1. The Morgan fingerprint density at radius 2 is 2.15 bits per heavy atom. The molecule has 0 aliphatic heterocycles. The molecule has 0 bridgehead atoms. The van der Waals surface area contributed by atoms with Crippen LogP contribution in [0.2, 0.25) is 0 Å². The zero-order valence-corrected chi connectivity index (χ0v) is 7.71. The molecule has 0 saturated carbocycles. The molecule has 0 aliphatic carbocycles. The Bertz CT molecular complexity index is 339. The molecule has 0 spiro atoms. The minimum Gasteiger partial charge on any atom is -0.305 e. The highest BCUT2D eigenvalue weighted by Crippen LogP contribution is 2.11. The van der Waals surface area contributed by atoms with Crippen molar-refractivity contribution >= 4 is 0 Å². The zero-order valence-electron chi connectivity index (χ0n) is 7.71. The maximum absolute atomic E-state index is 12.8.